The standard InChI is InChI=1S/C14H21N3O5S2/c1-16(2)14(18)11-4-3-9-17(10-11)24(21,22)13-7-5-12(6-8-13)23(15,19)20/h5-8,11H,3-4,9-10H2,1-2H3,(H2,15,19,20)/t11-/m0/s1. The van der Waals surface area contributed by atoms with Crippen LogP contribution in [0.2, 0.25) is 0 Å². The first-order chi connectivity index (χ1) is 11.0. The van der Waals surface area contributed by atoms with Crippen molar-refractivity contribution >= 4 is 26.0 Å². The van der Waals surface area contributed by atoms with Gasteiger partial charge in [0.25, 0.3) is 0 Å². The Morgan fingerprint density at radius 3 is 2.17 bits per heavy atom. The fourth-order valence-electron chi connectivity index (χ4n) is 2.68. The fraction of sp³-hybridized carbons (Fsp3) is 0.500. The number of primary sulfonamides is 1. The number of carbonyl (C=O) groups is 1. The third-order valence-corrected chi connectivity index (χ3v) is 6.77. The Kier molecular flexibility index (Phi) is 5.33. The lowest BCUT2D eigenvalue weighted by molar-refractivity contribution is -0.134. The second kappa shape index (κ2) is 6.79. The maximum atomic E-state index is 12.7. The topological polar surface area (TPSA) is 118 Å². The number of nitrogens with zero attached hydrogens (tertiary/aromatic N) is 2. The normalized spacial score (nSPS) is 19.9. The van der Waals surface area contributed by atoms with Crippen molar-refractivity contribution in [2.75, 3.05) is 27.2 Å². The summed E-state index contributed by atoms with van der Waals surface area (Å²) in [6.07, 6.45) is 1.24. The predicted molar refractivity (Wildman–Crippen MR) is 88.0 cm³/mol. The molecule has 1 aromatic carbocycles. The molecule has 1 heterocycles. The van der Waals surface area contributed by atoms with Gasteiger partial charge < -0.3 is 4.90 Å². The number of piperidine rings is 1. The van der Waals surface area contributed by atoms with Gasteiger partial charge in [-0.15, -0.1) is 0 Å². The molecule has 0 spiro atoms. The van der Waals surface area contributed by atoms with Crippen LogP contribution in [0.5, 0.6) is 0 Å². The van der Waals surface area contributed by atoms with Gasteiger partial charge in [0.2, 0.25) is 26.0 Å². The summed E-state index contributed by atoms with van der Waals surface area (Å²) >= 11 is 0. The number of carbonyl (C=O) groups excluding carboxylic acids is 1. The summed E-state index contributed by atoms with van der Waals surface area (Å²) < 4.78 is 49.2. The molecule has 0 aliphatic carbocycles. The number of amides is 1. The van der Waals surface area contributed by atoms with E-state index in [1.807, 2.05) is 0 Å². The molecule has 1 aliphatic heterocycles. The Labute approximate surface area is 142 Å². The van der Waals surface area contributed by atoms with E-state index in [4.69, 9.17) is 5.14 Å². The first-order valence-corrected chi connectivity index (χ1v) is 10.4. The van der Waals surface area contributed by atoms with Crippen LogP contribution in [0.4, 0.5) is 0 Å². The van der Waals surface area contributed by atoms with Crippen LogP contribution in [0.1, 0.15) is 12.8 Å². The number of nitrogens with two attached hydrogens (primary N) is 1. The van der Waals surface area contributed by atoms with E-state index in [2.05, 4.69) is 0 Å². The molecule has 1 fully saturated rings. The molecule has 1 amide bonds. The van der Waals surface area contributed by atoms with Crippen LogP contribution in [-0.4, -0.2) is 59.1 Å². The van der Waals surface area contributed by atoms with Gasteiger partial charge in [0.05, 0.1) is 15.7 Å². The Hall–Kier alpha value is -1.49. The largest absolute Gasteiger partial charge is 0.349 e. The highest BCUT2D eigenvalue weighted by Gasteiger charge is 2.33. The summed E-state index contributed by atoms with van der Waals surface area (Å²) in [5.41, 5.74) is 0. The number of rotatable bonds is 4. The van der Waals surface area contributed by atoms with E-state index in [-0.39, 0.29) is 28.2 Å². The number of hydrogen-bond donors (Lipinski definition) is 1. The predicted octanol–water partition coefficient (Wildman–Crippen LogP) is -0.177. The zero-order chi connectivity index (χ0) is 18.1. The van der Waals surface area contributed by atoms with Crippen LogP contribution < -0.4 is 5.14 Å². The third kappa shape index (κ3) is 3.94. The smallest absolute Gasteiger partial charge is 0.243 e. The van der Waals surface area contributed by atoms with Gasteiger partial charge >= 0.3 is 0 Å². The number of benzene rings is 1. The van der Waals surface area contributed by atoms with E-state index < -0.39 is 20.0 Å². The minimum atomic E-state index is -3.88. The monoisotopic (exact) mass is 375 g/mol. The van der Waals surface area contributed by atoms with Gasteiger partial charge in [0.15, 0.2) is 0 Å². The molecular weight excluding hydrogens is 354 g/mol. The lowest BCUT2D eigenvalue weighted by Gasteiger charge is -2.32. The van der Waals surface area contributed by atoms with Crippen LogP contribution in [0.3, 0.4) is 0 Å². The quantitative estimate of drug-likeness (QED) is 0.783. The molecule has 0 bridgehead atoms. The van der Waals surface area contributed by atoms with Crippen molar-refractivity contribution in [3.63, 3.8) is 0 Å². The van der Waals surface area contributed by atoms with Gasteiger partial charge in [-0.3, -0.25) is 4.79 Å². The van der Waals surface area contributed by atoms with Crippen molar-refractivity contribution < 1.29 is 21.6 Å². The van der Waals surface area contributed by atoms with Crippen molar-refractivity contribution in [3.05, 3.63) is 24.3 Å². The summed E-state index contributed by atoms with van der Waals surface area (Å²) in [5.74, 6) is -0.466. The van der Waals surface area contributed by atoms with Gasteiger partial charge in [-0.2, -0.15) is 4.31 Å². The minimum Gasteiger partial charge on any atom is -0.349 e. The average molecular weight is 375 g/mol. The van der Waals surface area contributed by atoms with E-state index in [0.29, 0.717) is 19.4 Å². The van der Waals surface area contributed by atoms with Crippen LogP contribution in [-0.2, 0) is 24.8 Å². The van der Waals surface area contributed by atoms with Crippen LogP contribution in [0, 0.1) is 5.92 Å². The summed E-state index contributed by atoms with van der Waals surface area (Å²) in [4.78, 5) is 13.4. The second-order valence-corrected chi connectivity index (χ2v) is 9.45. The molecule has 1 atom stereocenters. The average Bonchev–Trinajstić information content (AvgIpc) is 2.53. The van der Waals surface area contributed by atoms with Gasteiger partial charge in [-0.1, -0.05) is 0 Å². The Balaban J connectivity index is 2.25. The molecule has 134 valence electrons. The summed E-state index contributed by atoms with van der Waals surface area (Å²) in [5, 5.41) is 5.01. The zero-order valence-corrected chi connectivity index (χ0v) is 15.2. The van der Waals surface area contributed by atoms with Gasteiger partial charge in [-0.05, 0) is 37.1 Å². The number of hydrogen-bond acceptors (Lipinski definition) is 5. The number of sulfonamides is 2. The summed E-state index contributed by atoms with van der Waals surface area (Å²) in [6.45, 7) is 0.451. The molecule has 2 rings (SSSR count). The Morgan fingerprint density at radius 1 is 1.12 bits per heavy atom. The molecule has 1 aliphatic rings. The van der Waals surface area contributed by atoms with Crippen molar-refractivity contribution in [2.24, 2.45) is 11.1 Å². The Bertz CT molecular complexity index is 816. The third-order valence-electron chi connectivity index (χ3n) is 3.96. The molecule has 2 N–H and O–H groups in total. The van der Waals surface area contributed by atoms with Gasteiger partial charge in [0, 0.05) is 27.2 Å². The first-order valence-electron chi connectivity index (χ1n) is 7.37. The van der Waals surface area contributed by atoms with E-state index in [1.165, 1.54) is 21.3 Å². The maximum absolute atomic E-state index is 12.7. The van der Waals surface area contributed by atoms with Crippen molar-refractivity contribution in [1.82, 2.24) is 9.21 Å². The first kappa shape index (κ1) is 18.8. The lowest BCUT2D eigenvalue weighted by atomic mass is 9.98. The van der Waals surface area contributed by atoms with Crippen molar-refractivity contribution in [3.8, 4) is 0 Å². The molecule has 1 aromatic rings. The Morgan fingerprint density at radius 2 is 1.67 bits per heavy atom. The molecule has 10 heteroatoms. The summed E-state index contributed by atoms with van der Waals surface area (Å²) in [6, 6.07) is 4.75. The molecule has 24 heavy (non-hydrogen) atoms. The van der Waals surface area contributed by atoms with Gasteiger partial charge in [0.1, 0.15) is 0 Å². The second-order valence-electron chi connectivity index (χ2n) is 5.95. The van der Waals surface area contributed by atoms with Crippen molar-refractivity contribution in [2.45, 2.75) is 22.6 Å². The lowest BCUT2D eigenvalue weighted by Crippen LogP contribution is -2.45. The van der Waals surface area contributed by atoms with Crippen LogP contribution >= 0.6 is 0 Å². The highest BCUT2D eigenvalue weighted by molar-refractivity contribution is 7.89. The highest BCUT2D eigenvalue weighted by Crippen LogP contribution is 2.25. The van der Waals surface area contributed by atoms with E-state index >= 15 is 0 Å². The molecule has 0 radical (unpaired) electrons. The molecule has 1 saturated heterocycles. The van der Waals surface area contributed by atoms with E-state index in [9.17, 15) is 21.6 Å². The molecule has 0 saturated carbocycles. The molecule has 8 nitrogen and oxygen atoms in total. The van der Waals surface area contributed by atoms with Gasteiger partial charge in [-0.25, -0.2) is 22.0 Å². The van der Waals surface area contributed by atoms with E-state index in [0.717, 1.165) is 12.1 Å². The minimum absolute atomic E-state index is 0.0205. The zero-order valence-electron chi connectivity index (χ0n) is 13.5. The molecule has 0 unspecified atom stereocenters. The van der Waals surface area contributed by atoms with Crippen LogP contribution in [0.15, 0.2) is 34.1 Å². The van der Waals surface area contributed by atoms with Crippen LogP contribution in [0.25, 0.3) is 0 Å². The molecule has 0 aromatic heterocycles. The fourth-order valence-corrected chi connectivity index (χ4v) is 4.72. The SMILES string of the molecule is CN(C)C(=O)[C@H]1CCCN(S(=O)(=O)c2ccc(S(N)(=O)=O)cc2)C1. The highest BCUT2D eigenvalue weighted by atomic mass is 32.2. The molecular formula is C14H21N3O5S2. The maximum Gasteiger partial charge on any atom is 0.243 e. The summed E-state index contributed by atoms with van der Waals surface area (Å²) in [7, 11) is -4.39. The van der Waals surface area contributed by atoms with Crippen molar-refractivity contribution in [1.29, 1.82) is 0 Å². The van der Waals surface area contributed by atoms with E-state index in [1.54, 1.807) is 14.1 Å².